The van der Waals surface area contributed by atoms with Gasteiger partial charge in [0.05, 0.1) is 18.6 Å². The monoisotopic (exact) mass is 387 g/mol. The van der Waals surface area contributed by atoms with Gasteiger partial charge in [0.1, 0.15) is 0 Å². The topological polar surface area (TPSA) is 79.0 Å². The van der Waals surface area contributed by atoms with Crippen LogP contribution in [-0.2, 0) is 14.3 Å². The zero-order valence-electron chi connectivity index (χ0n) is 16.5. The number of rotatable bonds is 7. The van der Waals surface area contributed by atoms with E-state index < -0.39 is 0 Å². The number of anilines is 2. The van der Waals surface area contributed by atoms with E-state index in [1.807, 2.05) is 17.0 Å². The highest BCUT2D eigenvalue weighted by atomic mass is 16.5. The normalized spacial score (nSPS) is 16.3. The third-order valence-electron chi connectivity index (χ3n) is 5.21. The predicted molar refractivity (Wildman–Crippen MR) is 108 cm³/mol. The molecule has 0 atom stereocenters. The molecule has 2 aliphatic rings. The van der Waals surface area contributed by atoms with Gasteiger partial charge < -0.3 is 19.9 Å². The molecule has 152 valence electrons. The van der Waals surface area contributed by atoms with Gasteiger partial charge in [-0.2, -0.15) is 0 Å². The first kappa shape index (κ1) is 20.2. The third kappa shape index (κ3) is 5.03. The van der Waals surface area contributed by atoms with E-state index in [0.717, 1.165) is 57.5 Å². The Labute approximate surface area is 166 Å². The number of nitrogens with one attached hydrogen (secondary N) is 1. The molecular formula is C21H29N3O4. The van der Waals surface area contributed by atoms with Crippen LogP contribution in [0.15, 0.2) is 18.2 Å². The summed E-state index contributed by atoms with van der Waals surface area (Å²) in [5, 5.41) is 2.81. The number of benzene rings is 1. The fraction of sp³-hybridized carbons (Fsp3) is 0.571. The molecule has 1 aromatic rings. The summed E-state index contributed by atoms with van der Waals surface area (Å²) in [6, 6.07) is 5.53. The molecule has 3 rings (SSSR count). The van der Waals surface area contributed by atoms with Crippen molar-refractivity contribution in [3.05, 3.63) is 23.8 Å². The van der Waals surface area contributed by atoms with Crippen LogP contribution >= 0.6 is 0 Å². The lowest BCUT2D eigenvalue weighted by molar-refractivity contribution is -0.144. The molecule has 0 spiro atoms. The number of carbonyl (C=O) groups is 3. The first-order valence-corrected chi connectivity index (χ1v) is 10.2. The van der Waals surface area contributed by atoms with Gasteiger partial charge >= 0.3 is 5.97 Å². The lowest BCUT2D eigenvalue weighted by atomic mass is 10.1. The second kappa shape index (κ2) is 9.57. The van der Waals surface area contributed by atoms with Crippen LogP contribution in [-0.4, -0.2) is 55.5 Å². The molecule has 7 nitrogen and oxygen atoms in total. The molecule has 0 bridgehead atoms. The Hall–Kier alpha value is -2.57. The number of amides is 2. The number of carbonyl (C=O) groups excluding carboxylic acids is 3. The van der Waals surface area contributed by atoms with Crippen LogP contribution in [0.1, 0.15) is 55.8 Å². The van der Waals surface area contributed by atoms with Crippen LogP contribution in [0.2, 0.25) is 0 Å². The molecule has 1 N–H and O–H groups in total. The summed E-state index contributed by atoms with van der Waals surface area (Å²) in [5.74, 6) is -0.615. The second-order valence-electron chi connectivity index (χ2n) is 7.28. The molecule has 2 heterocycles. The molecule has 1 aromatic carbocycles. The molecule has 2 amide bonds. The number of hydrogen-bond acceptors (Lipinski definition) is 5. The van der Waals surface area contributed by atoms with E-state index in [9.17, 15) is 14.4 Å². The van der Waals surface area contributed by atoms with Crippen LogP contribution in [0.4, 0.5) is 11.4 Å². The van der Waals surface area contributed by atoms with Crippen LogP contribution in [0.25, 0.3) is 0 Å². The highest BCUT2D eigenvalue weighted by Gasteiger charge is 2.25. The van der Waals surface area contributed by atoms with E-state index in [0.29, 0.717) is 17.9 Å². The summed E-state index contributed by atoms with van der Waals surface area (Å²) in [6.07, 6.45) is 4.44. The molecule has 0 radical (unpaired) electrons. The molecule has 7 heteroatoms. The Morgan fingerprint density at radius 2 is 1.68 bits per heavy atom. The molecule has 0 aromatic heterocycles. The van der Waals surface area contributed by atoms with Gasteiger partial charge in [-0.1, -0.05) is 0 Å². The van der Waals surface area contributed by atoms with E-state index in [1.54, 1.807) is 13.0 Å². The molecule has 0 aliphatic carbocycles. The number of hydrogen-bond donors (Lipinski definition) is 1. The Balaban J connectivity index is 1.73. The van der Waals surface area contributed by atoms with Crippen LogP contribution in [0.3, 0.4) is 0 Å². The van der Waals surface area contributed by atoms with Crippen molar-refractivity contribution in [3.8, 4) is 0 Å². The molecular weight excluding hydrogens is 358 g/mol. The van der Waals surface area contributed by atoms with Crippen LogP contribution in [0.5, 0.6) is 0 Å². The number of esters is 1. The lowest BCUT2D eigenvalue weighted by Crippen LogP contribution is -2.30. The average molecular weight is 387 g/mol. The van der Waals surface area contributed by atoms with Gasteiger partial charge in [0.15, 0.2) is 0 Å². The molecule has 2 saturated heterocycles. The van der Waals surface area contributed by atoms with Gasteiger partial charge in [0, 0.05) is 44.0 Å². The Morgan fingerprint density at radius 3 is 2.36 bits per heavy atom. The summed E-state index contributed by atoms with van der Waals surface area (Å²) < 4.78 is 4.85. The van der Waals surface area contributed by atoms with E-state index in [2.05, 4.69) is 10.2 Å². The summed E-state index contributed by atoms with van der Waals surface area (Å²) in [4.78, 5) is 40.8. The standard InChI is InChI=1S/C21H29N3O4/c1-2-28-20(26)10-9-19(25)22-16-7-8-18(23-11-3-4-12-23)17(15-16)21(27)24-13-5-6-14-24/h7-8,15H,2-6,9-14H2,1H3,(H,22,25). The summed E-state index contributed by atoms with van der Waals surface area (Å²) in [6.45, 7) is 5.51. The predicted octanol–water partition coefficient (Wildman–Crippen LogP) is 2.80. The zero-order chi connectivity index (χ0) is 19.9. The van der Waals surface area contributed by atoms with Crippen molar-refractivity contribution in [2.45, 2.75) is 45.4 Å². The first-order valence-electron chi connectivity index (χ1n) is 10.2. The smallest absolute Gasteiger partial charge is 0.306 e. The van der Waals surface area contributed by atoms with Crippen molar-refractivity contribution >= 4 is 29.2 Å². The van der Waals surface area contributed by atoms with Crippen molar-refractivity contribution in [1.82, 2.24) is 4.90 Å². The van der Waals surface area contributed by atoms with Crippen LogP contribution in [0, 0.1) is 0 Å². The van der Waals surface area contributed by atoms with E-state index in [4.69, 9.17) is 4.74 Å². The summed E-state index contributed by atoms with van der Waals surface area (Å²) >= 11 is 0. The first-order chi connectivity index (χ1) is 13.6. The lowest BCUT2D eigenvalue weighted by Gasteiger charge is -2.24. The number of likely N-dealkylation sites (tertiary alicyclic amines) is 1. The fourth-order valence-electron chi connectivity index (χ4n) is 3.78. The largest absolute Gasteiger partial charge is 0.466 e. The van der Waals surface area contributed by atoms with Crippen molar-refractivity contribution in [2.75, 3.05) is 43.0 Å². The van der Waals surface area contributed by atoms with Crippen molar-refractivity contribution in [3.63, 3.8) is 0 Å². The average Bonchev–Trinajstić information content (AvgIpc) is 3.40. The fourth-order valence-corrected chi connectivity index (χ4v) is 3.78. The maximum Gasteiger partial charge on any atom is 0.306 e. The Kier molecular flexibility index (Phi) is 6.90. The maximum absolute atomic E-state index is 13.1. The summed E-state index contributed by atoms with van der Waals surface area (Å²) in [5.41, 5.74) is 2.17. The minimum absolute atomic E-state index is 0.0297. The molecule has 0 saturated carbocycles. The van der Waals surface area contributed by atoms with E-state index in [-0.39, 0.29) is 30.6 Å². The van der Waals surface area contributed by atoms with Gasteiger partial charge in [0.25, 0.3) is 5.91 Å². The zero-order valence-corrected chi connectivity index (χ0v) is 16.5. The van der Waals surface area contributed by atoms with Crippen LogP contribution < -0.4 is 10.2 Å². The van der Waals surface area contributed by atoms with Crippen molar-refractivity contribution in [1.29, 1.82) is 0 Å². The molecule has 0 unspecified atom stereocenters. The number of ether oxygens (including phenoxy) is 1. The number of nitrogens with zero attached hydrogens (tertiary/aromatic N) is 2. The SMILES string of the molecule is CCOC(=O)CCC(=O)Nc1ccc(N2CCCC2)c(C(=O)N2CCCC2)c1. The Bertz CT molecular complexity index is 722. The maximum atomic E-state index is 13.1. The minimum Gasteiger partial charge on any atom is -0.466 e. The minimum atomic E-state index is -0.382. The third-order valence-corrected chi connectivity index (χ3v) is 5.21. The van der Waals surface area contributed by atoms with Gasteiger partial charge in [-0.15, -0.1) is 0 Å². The molecule has 2 aliphatic heterocycles. The van der Waals surface area contributed by atoms with E-state index >= 15 is 0 Å². The van der Waals surface area contributed by atoms with Gasteiger partial charge in [-0.25, -0.2) is 0 Å². The van der Waals surface area contributed by atoms with Gasteiger partial charge in [-0.3, -0.25) is 14.4 Å². The summed E-state index contributed by atoms with van der Waals surface area (Å²) in [7, 11) is 0. The highest BCUT2D eigenvalue weighted by Crippen LogP contribution is 2.29. The molecule has 28 heavy (non-hydrogen) atoms. The van der Waals surface area contributed by atoms with Gasteiger partial charge in [-0.05, 0) is 50.8 Å². The quantitative estimate of drug-likeness (QED) is 0.728. The van der Waals surface area contributed by atoms with Crippen molar-refractivity contribution < 1.29 is 19.1 Å². The van der Waals surface area contributed by atoms with E-state index in [1.165, 1.54) is 0 Å². The van der Waals surface area contributed by atoms with Gasteiger partial charge in [0.2, 0.25) is 5.91 Å². The molecule has 2 fully saturated rings. The van der Waals surface area contributed by atoms with Crippen molar-refractivity contribution in [2.24, 2.45) is 0 Å². The highest BCUT2D eigenvalue weighted by molar-refractivity contribution is 6.02. The Morgan fingerprint density at radius 1 is 1.00 bits per heavy atom. The second-order valence-corrected chi connectivity index (χ2v) is 7.28.